The summed E-state index contributed by atoms with van der Waals surface area (Å²) in [5, 5.41) is 0.180. The molecule has 1 aromatic heterocycles. The zero-order valence-electron chi connectivity index (χ0n) is 6.78. The van der Waals surface area contributed by atoms with Crippen LogP contribution in [0, 0.1) is 5.82 Å². The van der Waals surface area contributed by atoms with E-state index in [-0.39, 0.29) is 16.9 Å². The molecule has 0 bridgehead atoms. The van der Waals surface area contributed by atoms with Gasteiger partial charge < -0.3 is 4.74 Å². The van der Waals surface area contributed by atoms with Crippen LogP contribution in [-0.2, 0) is 0 Å². The molecule has 2 aromatic rings. The van der Waals surface area contributed by atoms with Crippen LogP contribution in [0.3, 0.4) is 0 Å². The van der Waals surface area contributed by atoms with E-state index < -0.39 is 0 Å². The standard InChI is InChI=1S/C8H4ClFN2OS/c9-7-8(12-14-11-7)13-6-3-1-2-5(10)4-6/h1-4H. The lowest BCUT2D eigenvalue weighted by molar-refractivity contribution is 0.463. The highest BCUT2D eigenvalue weighted by atomic mass is 35.5. The third kappa shape index (κ3) is 2.00. The molecular weight excluding hydrogens is 227 g/mol. The number of hydrogen-bond acceptors (Lipinski definition) is 4. The normalized spacial score (nSPS) is 10.1. The Hall–Kier alpha value is -1.20. The van der Waals surface area contributed by atoms with Gasteiger partial charge >= 0.3 is 0 Å². The summed E-state index contributed by atoms with van der Waals surface area (Å²) in [5.74, 6) is 0.170. The summed E-state index contributed by atoms with van der Waals surface area (Å²) in [6.45, 7) is 0. The molecule has 0 saturated heterocycles. The van der Waals surface area contributed by atoms with Gasteiger partial charge in [0.1, 0.15) is 11.6 Å². The first-order chi connectivity index (χ1) is 6.75. The summed E-state index contributed by atoms with van der Waals surface area (Å²) >= 11 is 6.59. The average Bonchev–Trinajstić information content (AvgIpc) is 2.52. The van der Waals surface area contributed by atoms with Crippen molar-refractivity contribution < 1.29 is 9.13 Å². The van der Waals surface area contributed by atoms with Crippen LogP contribution in [0.4, 0.5) is 4.39 Å². The molecule has 2 rings (SSSR count). The van der Waals surface area contributed by atoms with Crippen molar-refractivity contribution in [2.45, 2.75) is 0 Å². The summed E-state index contributed by atoms with van der Waals surface area (Å²) in [7, 11) is 0. The largest absolute Gasteiger partial charge is 0.436 e. The minimum absolute atomic E-state index is 0.180. The summed E-state index contributed by atoms with van der Waals surface area (Å²) in [6.07, 6.45) is 0. The zero-order valence-corrected chi connectivity index (χ0v) is 8.35. The number of hydrogen-bond donors (Lipinski definition) is 0. The van der Waals surface area contributed by atoms with Crippen LogP contribution >= 0.6 is 23.3 Å². The maximum atomic E-state index is 12.7. The van der Waals surface area contributed by atoms with Crippen LogP contribution < -0.4 is 4.74 Å². The lowest BCUT2D eigenvalue weighted by atomic mass is 10.3. The summed E-state index contributed by atoms with van der Waals surface area (Å²) in [5.41, 5.74) is 0. The van der Waals surface area contributed by atoms with Gasteiger partial charge in [-0.1, -0.05) is 17.7 Å². The zero-order chi connectivity index (χ0) is 9.97. The Morgan fingerprint density at radius 3 is 2.86 bits per heavy atom. The number of benzene rings is 1. The van der Waals surface area contributed by atoms with Gasteiger partial charge in [0.05, 0.1) is 11.7 Å². The quantitative estimate of drug-likeness (QED) is 0.795. The first kappa shape index (κ1) is 9.36. The predicted octanol–water partition coefficient (Wildman–Crippen LogP) is 3.12. The number of aromatic nitrogens is 2. The molecule has 1 aromatic carbocycles. The molecule has 0 atom stereocenters. The second-order valence-corrected chi connectivity index (χ2v) is 3.31. The summed E-state index contributed by atoms with van der Waals surface area (Å²) in [6, 6.07) is 5.72. The molecule has 0 radical (unpaired) electrons. The van der Waals surface area contributed by atoms with Crippen molar-refractivity contribution >= 4 is 23.3 Å². The second-order valence-electron chi connectivity index (χ2n) is 2.42. The lowest BCUT2D eigenvalue weighted by Crippen LogP contribution is -1.85. The molecule has 14 heavy (non-hydrogen) atoms. The minimum Gasteiger partial charge on any atom is -0.436 e. The van der Waals surface area contributed by atoms with Gasteiger partial charge in [0.2, 0.25) is 5.15 Å². The molecule has 0 spiro atoms. The molecule has 0 aliphatic rings. The van der Waals surface area contributed by atoms with Crippen LogP contribution in [0.1, 0.15) is 0 Å². The predicted molar refractivity (Wildman–Crippen MR) is 51.4 cm³/mol. The number of nitrogens with zero attached hydrogens (tertiary/aromatic N) is 2. The van der Waals surface area contributed by atoms with Crippen molar-refractivity contribution in [2.75, 3.05) is 0 Å². The van der Waals surface area contributed by atoms with E-state index in [4.69, 9.17) is 16.3 Å². The van der Waals surface area contributed by atoms with E-state index in [1.54, 1.807) is 12.1 Å². The smallest absolute Gasteiger partial charge is 0.270 e. The van der Waals surface area contributed by atoms with E-state index in [2.05, 4.69) is 8.75 Å². The molecule has 1 heterocycles. The molecule has 6 heteroatoms. The van der Waals surface area contributed by atoms with Crippen LogP contribution in [0.15, 0.2) is 24.3 Å². The second kappa shape index (κ2) is 3.89. The number of ether oxygens (including phenoxy) is 1. The fourth-order valence-corrected chi connectivity index (χ4v) is 1.48. The topological polar surface area (TPSA) is 35.0 Å². The van der Waals surface area contributed by atoms with Gasteiger partial charge in [-0.3, -0.25) is 0 Å². The Morgan fingerprint density at radius 2 is 2.21 bits per heavy atom. The molecule has 3 nitrogen and oxygen atoms in total. The van der Waals surface area contributed by atoms with E-state index in [1.165, 1.54) is 12.1 Å². The SMILES string of the molecule is Fc1cccc(Oc2nsnc2Cl)c1. The van der Waals surface area contributed by atoms with Gasteiger partial charge in [0, 0.05) is 6.07 Å². The van der Waals surface area contributed by atoms with Gasteiger partial charge in [0.25, 0.3) is 5.88 Å². The molecule has 0 aliphatic heterocycles. The van der Waals surface area contributed by atoms with E-state index in [1.807, 2.05) is 0 Å². The highest BCUT2D eigenvalue weighted by molar-refractivity contribution is 6.99. The lowest BCUT2D eigenvalue weighted by Gasteiger charge is -2.00. The fraction of sp³-hybridized carbons (Fsp3) is 0. The van der Waals surface area contributed by atoms with Gasteiger partial charge in [-0.15, -0.1) is 4.37 Å². The molecular formula is C8H4ClFN2OS. The molecule has 0 aliphatic carbocycles. The van der Waals surface area contributed by atoms with E-state index >= 15 is 0 Å². The maximum Gasteiger partial charge on any atom is 0.270 e. The third-order valence-electron chi connectivity index (χ3n) is 1.43. The average molecular weight is 231 g/mol. The first-order valence-electron chi connectivity index (χ1n) is 3.67. The van der Waals surface area contributed by atoms with Gasteiger partial charge in [0.15, 0.2) is 0 Å². The highest BCUT2D eigenvalue weighted by Gasteiger charge is 2.07. The summed E-state index contributed by atoms with van der Waals surface area (Å²) in [4.78, 5) is 0. The third-order valence-corrected chi connectivity index (χ3v) is 2.29. The van der Waals surface area contributed by atoms with Crippen molar-refractivity contribution in [3.8, 4) is 11.6 Å². The van der Waals surface area contributed by atoms with Gasteiger partial charge in [-0.05, 0) is 12.1 Å². The van der Waals surface area contributed by atoms with Crippen LogP contribution in [-0.4, -0.2) is 8.75 Å². The van der Waals surface area contributed by atoms with Gasteiger partial charge in [-0.25, -0.2) is 4.39 Å². The van der Waals surface area contributed by atoms with Crippen molar-refractivity contribution in [3.63, 3.8) is 0 Å². The minimum atomic E-state index is -0.373. The Morgan fingerprint density at radius 1 is 1.36 bits per heavy atom. The van der Waals surface area contributed by atoms with Crippen molar-refractivity contribution in [1.82, 2.24) is 8.75 Å². The van der Waals surface area contributed by atoms with Crippen molar-refractivity contribution in [1.29, 1.82) is 0 Å². The molecule has 0 unspecified atom stereocenters. The van der Waals surface area contributed by atoms with E-state index in [0.717, 1.165) is 11.7 Å². The molecule has 0 fully saturated rings. The Balaban J connectivity index is 2.23. The molecule has 0 saturated carbocycles. The molecule has 0 N–H and O–H groups in total. The Kier molecular flexibility index (Phi) is 2.60. The molecule has 0 amide bonds. The molecule has 72 valence electrons. The Bertz CT molecular complexity index is 448. The van der Waals surface area contributed by atoms with E-state index in [0.29, 0.717) is 5.75 Å². The fourth-order valence-electron chi connectivity index (χ4n) is 0.873. The van der Waals surface area contributed by atoms with Gasteiger partial charge in [-0.2, -0.15) is 4.37 Å². The highest BCUT2D eigenvalue weighted by Crippen LogP contribution is 2.26. The van der Waals surface area contributed by atoms with Crippen LogP contribution in [0.2, 0.25) is 5.15 Å². The number of rotatable bonds is 2. The van der Waals surface area contributed by atoms with Crippen LogP contribution in [0.5, 0.6) is 11.6 Å². The monoisotopic (exact) mass is 230 g/mol. The van der Waals surface area contributed by atoms with E-state index in [9.17, 15) is 4.39 Å². The summed E-state index contributed by atoms with van der Waals surface area (Å²) < 4.78 is 25.5. The Labute approximate surface area is 88.4 Å². The number of halogens is 2. The maximum absolute atomic E-state index is 12.7. The first-order valence-corrected chi connectivity index (χ1v) is 4.78. The van der Waals surface area contributed by atoms with Crippen molar-refractivity contribution in [2.24, 2.45) is 0 Å². The van der Waals surface area contributed by atoms with Crippen LogP contribution in [0.25, 0.3) is 0 Å². The van der Waals surface area contributed by atoms with Crippen molar-refractivity contribution in [3.05, 3.63) is 35.2 Å².